The Balaban J connectivity index is 2.08. The molecule has 136 valence electrons. The van der Waals surface area contributed by atoms with Crippen molar-refractivity contribution in [2.75, 3.05) is 0 Å². The van der Waals surface area contributed by atoms with Crippen LogP contribution >= 0.6 is 0 Å². The first-order valence-corrected chi connectivity index (χ1v) is 9.01. The molecule has 0 saturated heterocycles. The van der Waals surface area contributed by atoms with Gasteiger partial charge in [0.2, 0.25) is 5.91 Å². The summed E-state index contributed by atoms with van der Waals surface area (Å²) < 4.78 is 2.21. The lowest BCUT2D eigenvalue weighted by molar-refractivity contribution is 0.100. The Morgan fingerprint density at radius 1 is 1.00 bits per heavy atom. The number of aromatic nitrogens is 1. The topological polar surface area (TPSA) is 68.2 Å². The van der Waals surface area contributed by atoms with Gasteiger partial charge in [-0.2, -0.15) is 0 Å². The van der Waals surface area contributed by atoms with Gasteiger partial charge in [-0.3, -0.25) is 4.79 Å². The molecule has 0 bridgehead atoms. The highest BCUT2D eigenvalue weighted by molar-refractivity contribution is 6.18. The molecular weight excluding hydrogens is 336 g/mol. The molecule has 1 heterocycles. The number of hydrogen-bond donors (Lipinski definition) is 2. The number of nitrogens with two attached hydrogens (primary N) is 1. The van der Waals surface area contributed by atoms with Crippen molar-refractivity contribution in [2.45, 2.75) is 27.0 Å². The van der Waals surface area contributed by atoms with Crippen LogP contribution in [-0.4, -0.2) is 15.6 Å². The van der Waals surface area contributed by atoms with Crippen LogP contribution in [0.5, 0.6) is 0 Å². The van der Waals surface area contributed by atoms with E-state index in [1.807, 2.05) is 30.3 Å². The molecule has 0 aliphatic carbocycles. The molecule has 1 aromatic heterocycles. The number of aliphatic hydroxyl groups is 1. The van der Waals surface area contributed by atoms with Gasteiger partial charge in [-0.25, -0.2) is 0 Å². The fourth-order valence-electron chi connectivity index (χ4n) is 3.92. The molecular formula is C23H22N2O2. The summed E-state index contributed by atoms with van der Waals surface area (Å²) in [5.74, 6) is -0.432. The first-order valence-electron chi connectivity index (χ1n) is 9.01. The average Bonchev–Trinajstić information content (AvgIpc) is 2.97. The Bertz CT molecular complexity index is 1170. The van der Waals surface area contributed by atoms with Gasteiger partial charge >= 0.3 is 0 Å². The van der Waals surface area contributed by atoms with Gasteiger partial charge in [-0.05, 0) is 54.3 Å². The van der Waals surface area contributed by atoms with Crippen molar-refractivity contribution in [3.8, 4) is 0 Å². The highest BCUT2D eigenvalue weighted by atomic mass is 16.3. The summed E-state index contributed by atoms with van der Waals surface area (Å²) in [7, 11) is 0. The van der Waals surface area contributed by atoms with Gasteiger partial charge in [0.05, 0.1) is 12.1 Å². The van der Waals surface area contributed by atoms with Gasteiger partial charge in [-0.1, -0.05) is 36.4 Å². The van der Waals surface area contributed by atoms with Crippen molar-refractivity contribution in [3.05, 3.63) is 82.4 Å². The van der Waals surface area contributed by atoms with Crippen molar-refractivity contribution in [2.24, 2.45) is 5.73 Å². The molecule has 3 N–H and O–H groups in total. The van der Waals surface area contributed by atoms with Crippen LogP contribution in [0, 0.1) is 13.8 Å². The number of nitrogens with zero attached hydrogens (tertiary/aromatic N) is 1. The van der Waals surface area contributed by atoms with E-state index in [4.69, 9.17) is 5.73 Å². The maximum Gasteiger partial charge on any atom is 0.249 e. The first-order chi connectivity index (χ1) is 13.0. The Morgan fingerprint density at radius 3 is 2.37 bits per heavy atom. The third-order valence-electron chi connectivity index (χ3n) is 5.36. The van der Waals surface area contributed by atoms with Crippen LogP contribution in [0.2, 0.25) is 0 Å². The van der Waals surface area contributed by atoms with E-state index in [2.05, 4.69) is 36.6 Å². The molecule has 4 rings (SSSR count). The van der Waals surface area contributed by atoms with Crippen molar-refractivity contribution in [1.82, 2.24) is 4.57 Å². The normalized spacial score (nSPS) is 11.4. The zero-order valence-corrected chi connectivity index (χ0v) is 15.5. The van der Waals surface area contributed by atoms with Crippen molar-refractivity contribution < 1.29 is 9.90 Å². The number of carbonyl (C=O) groups excluding carboxylic acids is 1. The molecule has 0 spiro atoms. The number of amides is 1. The molecule has 0 unspecified atom stereocenters. The molecule has 3 aromatic carbocycles. The van der Waals surface area contributed by atoms with E-state index in [0.717, 1.165) is 27.4 Å². The number of primary amides is 1. The zero-order chi connectivity index (χ0) is 19.1. The quantitative estimate of drug-likeness (QED) is 0.578. The Morgan fingerprint density at radius 2 is 1.70 bits per heavy atom. The second kappa shape index (κ2) is 6.56. The van der Waals surface area contributed by atoms with Crippen molar-refractivity contribution in [3.63, 3.8) is 0 Å². The van der Waals surface area contributed by atoms with E-state index < -0.39 is 5.91 Å². The van der Waals surface area contributed by atoms with Crippen molar-refractivity contribution in [1.29, 1.82) is 0 Å². The van der Waals surface area contributed by atoms with Crippen LogP contribution in [0.1, 0.15) is 32.6 Å². The van der Waals surface area contributed by atoms with Crippen LogP contribution in [0.15, 0.2) is 54.6 Å². The number of aryl methyl sites for hydroxylation is 2. The van der Waals surface area contributed by atoms with E-state index in [-0.39, 0.29) is 6.61 Å². The third-order valence-corrected chi connectivity index (χ3v) is 5.36. The highest BCUT2D eigenvalue weighted by Crippen LogP contribution is 2.33. The molecule has 0 fully saturated rings. The summed E-state index contributed by atoms with van der Waals surface area (Å²) in [5, 5.41) is 11.4. The molecule has 0 atom stereocenters. The van der Waals surface area contributed by atoms with E-state index in [1.165, 1.54) is 16.7 Å². The van der Waals surface area contributed by atoms with Gasteiger partial charge in [0.25, 0.3) is 0 Å². The second-order valence-electron chi connectivity index (χ2n) is 7.03. The second-order valence-corrected chi connectivity index (χ2v) is 7.03. The summed E-state index contributed by atoms with van der Waals surface area (Å²) in [6.07, 6.45) is 0. The highest BCUT2D eigenvalue weighted by Gasteiger charge is 2.17. The van der Waals surface area contributed by atoms with E-state index in [1.54, 1.807) is 6.07 Å². The molecule has 0 aliphatic heterocycles. The summed E-state index contributed by atoms with van der Waals surface area (Å²) >= 11 is 0. The number of aliphatic hydroxyl groups excluding tert-OH is 1. The predicted octanol–water partition coefficient (Wildman–Crippen LogP) is 4.05. The van der Waals surface area contributed by atoms with Crippen LogP contribution < -0.4 is 5.73 Å². The molecule has 4 nitrogen and oxygen atoms in total. The fourth-order valence-corrected chi connectivity index (χ4v) is 3.92. The smallest absolute Gasteiger partial charge is 0.249 e. The van der Waals surface area contributed by atoms with E-state index >= 15 is 0 Å². The summed E-state index contributed by atoms with van der Waals surface area (Å²) in [6, 6.07) is 17.8. The molecule has 1 amide bonds. The lowest BCUT2D eigenvalue weighted by atomic mass is 10.0. The van der Waals surface area contributed by atoms with Gasteiger partial charge in [0.1, 0.15) is 0 Å². The van der Waals surface area contributed by atoms with Crippen LogP contribution in [0.4, 0.5) is 0 Å². The lowest BCUT2D eigenvalue weighted by Crippen LogP contribution is -2.11. The number of rotatable bonds is 4. The average molecular weight is 358 g/mol. The molecule has 4 heteroatoms. The molecule has 0 radical (unpaired) electrons. The van der Waals surface area contributed by atoms with Gasteiger partial charge in [-0.15, -0.1) is 0 Å². The SMILES string of the molecule is Cc1cccc(C)c1Cn1c2cc(CO)ccc2c2c(C(N)=O)cccc21. The van der Waals surface area contributed by atoms with Crippen LogP contribution in [0.3, 0.4) is 0 Å². The maximum atomic E-state index is 12.0. The van der Waals surface area contributed by atoms with Gasteiger partial charge in [0.15, 0.2) is 0 Å². The Labute approximate surface area is 157 Å². The van der Waals surface area contributed by atoms with Crippen LogP contribution in [-0.2, 0) is 13.2 Å². The monoisotopic (exact) mass is 358 g/mol. The number of fused-ring (bicyclic) bond motifs is 3. The lowest BCUT2D eigenvalue weighted by Gasteiger charge is -2.13. The molecule has 0 saturated carbocycles. The van der Waals surface area contributed by atoms with E-state index in [0.29, 0.717) is 12.1 Å². The van der Waals surface area contributed by atoms with E-state index in [9.17, 15) is 9.90 Å². The number of carbonyl (C=O) groups is 1. The minimum Gasteiger partial charge on any atom is -0.392 e. The predicted molar refractivity (Wildman–Crippen MR) is 109 cm³/mol. The van der Waals surface area contributed by atoms with Crippen molar-refractivity contribution >= 4 is 27.7 Å². The standard InChI is InChI=1S/C23H22N2O2/c1-14-5-3-6-15(2)19(14)12-25-20-8-4-7-18(23(24)27)22(20)17-10-9-16(13-26)11-21(17)25/h3-11,26H,12-13H2,1-2H3,(H2,24,27). The number of hydrogen-bond acceptors (Lipinski definition) is 2. The third kappa shape index (κ3) is 2.78. The molecule has 4 aromatic rings. The maximum absolute atomic E-state index is 12.0. The molecule has 0 aliphatic rings. The molecule has 27 heavy (non-hydrogen) atoms. The Kier molecular flexibility index (Phi) is 4.21. The van der Waals surface area contributed by atoms with Gasteiger partial charge in [0, 0.05) is 28.4 Å². The first kappa shape index (κ1) is 17.3. The minimum atomic E-state index is -0.432. The minimum absolute atomic E-state index is 0.0243. The van der Waals surface area contributed by atoms with Gasteiger partial charge < -0.3 is 15.4 Å². The summed E-state index contributed by atoms with van der Waals surface area (Å²) in [4.78, 5) is 12.0. The summed E-state index contributed by atoms with van der Waals surface area (Å²) in [6.45, 7) is 4.90. The summed E-state index contributed by atoms with van der Waals surface area (Å²) in [5.41, 5.74) is 12.7. The number of benzene rings is 3. The Hall–Kier alpha value is -3.11. The van der Waals surface area contributed by atoms with Crippen LogP contribution in [0.25, 0.3) is 21.8 Å². The zero-order valence-electron chi connectivity index (χ0n) is 15.5. The fraction of sp³-hybridized carbons (Fsp3) is 0.174. The largest absolute Gasteiger partial charge is 0.392 e.